The highest BCUT2D eigenvalue weighted by molar-refractivity contribution is 7.99. The summed E-state index contributed by atoms with van der Waals surface area (Å²) >= 11 is 2.00. The van der Waals surface area contributed by atoms with Gasteiger partial charge in [0.15, 0.2) is 0 Å². The third-order valence-corrected chi connectivity index (χ3v) is 4.97. The molecular weight excluding hydrogens is 228 g/mol. The first kappa shape index (κ1) is 13.0. The fraction of sp³-hybridized carbons (Fsp3) is 0.600. The summed E-state index contributed by atoms with van der Waals surface area (Å²) in [6.07, 6.45) is 3.92. The van der Waals surface area contributed by atoms with Gasteiger partial charge < -0.3 is 5.11 Å². The van der Waals surface area contributed by atoms with Gasteiger partial charge in [-0.05, 0) is 48.0 Å². The lowest BCUT2D eigenvalue weighted by Gasteiger charge is -2.25. The van der Waals surface area contributed by atoms with Crippen molar-refractivity contribution in [2.45, 2.75) is 32.1 Å². The number of benzene rings is 1. The molecule has 2 atom stereocenters. The van der Waals surface area contributed by atoms with Gasteiger partial charge in [-0.25, -0.2) is 0 Å². The minimum absolute atomic E-state index is 0.314. The zero-order chi connectivity index (χ0) is 12.1. The molecule has 1 aliphatic carbocycles. The van der Waals surface area contributed by atoms with E-state index in [0.717, 1.165) is 11.7 Å². The summed E-state index contributed by atoms with van der Waals surface area (Å²) in [6.45, 7) is 2.43. The molecule has 0 bridgehead atoms. The molecule has 0 saturated heterocycles. The molecule has 1 aliphatic rings. The van der Waals surface area contributed by atoms with Crippen molar-refractivity contribution >= 4 is 11.8 Å². The number of hydrogen-bond acceptors (Lipinski definition) is 2. The lowest BCUT2D eigenvalue weighted by atomic mass is 9.84. The lowest BCUT2D eigenvalue weighted by molar-refractivity contribution is 0.250. The zero-order valence-electron chi connectivity index (χ0n) is 10.6. The molecular formula is C15H22OS. The Balaban J connectivity index is 1.90. The summed E-state index contributed by atoms with van der Waals surface area (Å²) in [5.41, 5.74) is 3.13. The molecule has 0 amide bonds. The Morgan fingerprint density at radius 1 is 1.41 bits per heavy atom. The van der Waals surface area contributed by atoms with Crippen LogP contribution in [0.4, 0.5) is 0 Å². The van der Waals surface area contributed by atoms with Crippen LogP contribution < -0.4 is 0 Å². The highest BCUT2D eigenvalue weighted by Crippen LogP contribution is 2.34. The number of aryl methyl sites for hydroxylation is 1. The van der Waals surface area contributed by atoms with Crippen LogP contribution in [0.1, 0.15) is 36.8 Å². The summed E-state index contributed by atoms with van der Waals surface area (Å²) in [7, 11) is 0. The molecule has 2 rings (SSSR count). The quantitative estimate of drug-likeness (QED) is 0.863. The van der Waals surface area contributed by atoms with Gasteiger partial charge in [-0.1, -0.05) is 31.2 Å². The van der Waals surface area contributed by atoms with E-state index in [4.69, 9.17) is 5.11 Å². The summed E-state index contributed by atoms with van der Waals surface area (Å²) in [5.74, 6) is 3.45. The van der Waals surface area contributed by atoms with Crippen molar-refractivity contribution < 1.29 is 5.11 Å². The average molecular weight is 250 g/mol. The second-order valence-corrected chi connectivity index (χ2v) is 6.19. The van der Waals surface area contributed by atoms with Crippen molar-refractivity contribution in [3.63, 3.8) is 0 Å². The van der Waals surface area contributed by atoms with E-state index in [-0.39, 0.29) is 0 Å². The monoisotopic (exact) mass is 250 g/mol. The van der Waals surface area contributed by atoms with E-state index < -0.39 is 0 Å². The highest BCUT2D eigenvalue weighted by Gasteiger charge is 2.19. The smallest absolute Gasteiger partial charge is 0.0464 e. The molecule has 0 saturated carbocycles. The van der Waals surface area contributed by atoms with Gasteiger partial charge in [-0.2, -0.15) is 11.8 Å². The average Bonchev–Trinajstić information content (AvgIpc) is 2.39. The van der Waals surface area contributed by atoms with Gasteiger partial charge in [-0.3, -0.25) is 0 Å². The maximum absolute atomic E-state index is 9.02. The molecule has 0 spiro atoms. The van der Waals surface area contributed by atoms with Crippen LogP contribution in [0.25, 0.3) is 0 Å². The fourth-order valence-electron chi connectivity index (χ4n) is 2.49. The predicted octanol–water partition coefficient (Wildman–Crippen LogP) is 3.47. The Hall–Kier alpha value is -0.470. The first-order valence-electron chi connectivity index (χ1n) is 6.57. The topological polar surface area (TPSA) is 20.2 Å². The summed E-state index contributed by atoms with van der Waals surface area (Å²) in [4.78, 5) is 0. The van der Waals surface area contributed by atoms with Crippen LogP contribution in [0.15, 0.2) is 24.3 Å². The molecule has 0 heterocycles. The fourth-order valence-corrected chi connectivity index (χ4v) is 3.77. The van der Waals surface area contributed by atoms with Crippen molar-refractivity contribution in [1.82, 2.24) is 0 Å². The maximum Gasteiger partial charge on any atom is 0.0464 e. The minimum atomic E-state index is 0.314. The number of aliphatic hydroxyl groups excluding tert-OH is 1. The van der Waals surface area contributed by atoms with E-state index in [9.17, 15) is 0 Å². The Labute approximate surface area is 109 Å². The van der Waals surface area contributed by atoms with Crippen molar-refractivity contribution in [3.05, 3.63) is 35.4 Å². The van der Waals surface area contributed by atoms with Gasteiger partial charge in [0.05, 0.1) is 0 Å². The highest BCUT2D eigenvalue weighted by atomic mass is 32.2. The SMILES string of the molecule is CC(CO)CSCC1CCCc2ccccc21. The molecule has 94 valence electrons. The van der Waals surface area contributed by atoms with Crippen LogP contribution in [-0.2, 0) is 6.42 Å². The van der Waals surface area contributed by atoms with Gasteiger partial charge in [0, 0.05) is 12.4 Å². The molecule has 1 aromatic carbocycles. The molecule has 1 aromatic rings. The number of thioether (sulfide) groups is 1. The first-order valence-corrected chi connectivity index (χ1v) is 7.73. The minimum Gasteiger partial charge on any atom is -0.396 e. The van der Waals surface area contributed by atoms with Crippen LogP contribution in [0.5, 0.6) is 0 Å². The van der Waals surface area contributed by atoms with E-state index in [2.05, 4.69) is 31.2 Å². The van der Waals surface area contributed by atoms with E-state index in [0.29, 0.717) is 12.5 Å². The first-order chi connectivity index (χ1) is 8.31. The molecule has 0 radical (unpaired) electrons. The predicted molar refractivity (Wildman–Crippen MR) is 75.7 cm³/mol. The van der Waals surface area contributed by atoms with Crippen LogP contribution in [0, 0.1) is 5.92 Å². The van der Waals surface area contributed by atoms with Crippen LogP contribution in [0.3, 0.4) is 0 Å². The largest absolute Gasteiger partial charge is 0.396 e. The van der Waals surface area contributed by atoms with E-state index in [1.807, 2.05) is 11.8 Å². The summed E-state index contributed by atoms with van der Waals surface area (Å²) in [5, 5.41) is 9.02. The van der Waals surface area contributed by atoms with E-state index in [1.165, 1.54) is 25.0 Å². The standard InChI is InChI=1S/C15H22OS/c1-12(9-16)10-17-11-14-7-4-6-13-5-2-3-8-15(13)14/h2-3,5,8,12,14,16H,4,6-7,9-11H2,1H3. The number of aliphatic hydroxyl groups is 1. The van der Waals surface area contributed by atoms with Crippen molar-refractivity contribution in [2.75, 3.05) is 18.1 Å². The normalized spacial score (nSPS) is 20.9. The third kappa shape index (κ3) is 3.49. The molecule has 2 heteroatoms. The Morgan fingerprint density at radius 2 is 2.24 bits per heavy atom. The second-order valence-electron chi connectivity index (χ2n) is 5.11. The van der Waals surface area contributed by atoms with Crippen LogP contribution in [0.2, 0.25) is 0 Å². The van der Waals surface area contributed by atoms with Crippen LogP contribution >= 0.6 is 11.8 Å². The van der Waals surface area contributed by atoms with Gasteiger partial charge in [0.2, 0.25) is 0 Å². The number of hydrogen-bond donors (Lipinski definition) is 1. The molecule has 1 N–H and O–H groups in total. The van der Waals surface area contributed by atoms with Gasteiger partial charge in [0.25, 0.3) is 0 Å². The van der Waals surface area contributed by atoms with Gasteiger partial charge in [-0.15, -0.1) is 0 Å². The van der Waals surface area contributed by atoms with Gasteiger partial charge in [0.1, 0.15) is 0 Å². The number of fused-ring (bicyclic) bond motifs is 1. The van der Waals surface area contributed by atoms with Crippen molar-refractivity contribution in [3.8, 4) is 0 Å². The second kappa shape index (κ2) is 6.46. The molecule has 17 heavy (non-hydrogen) atoms. The Bertz CT molecular complexity index is 351. The molecule has 2 unspecified atom stereocenters. The van der Waals surface area contributed by atoms with Gasteiger partial charge >= 0.3 is 0 Å². The molecule has 0 aliphatic heterocycles. The van der Waals surface area contributed by atoms with Crippen LogP contribution in [-0.4, -0.2) is 23.2 Å². The van der Waals surface area contributed by atoms with E-state index in [1.54, 1.807) is 11.1 Å². The van der Waals surface area contributed by atoms with Crippen molar-refractivity contribution in [1.29, 1.82) is 0 Å². The molecule has 0 aromatic heterocycles. The Kier molecular flexibility index (Phi) is 4.93. The maximum atomic E-state index is 9.02. The van der Waals surface area contributed by atoms with Crippen molar-refractivity contribution in [2.24, 2.45) is 5.92 Å². The lowest BCUT2D eigenvalue weighted by Crippen LogP contribution is -2.13. The molecule has 1 nitrogen and oxygen atoms in total. The third-order valence-electron chi connectivity index (χ3n) is 3.53. The number of rotatable bonds is 5. The molecule has 0 fully saturated rings. The zero-order valence-corrected chi connectivity index (χ0v) is 11.4. The Morgan fingerprint density at radius 3 is 3.06 bits per heavy atom. The van der Waals surface area contributed by atoms with E-state index >= 15 is 0 Å². The summed E-state index contributed by atoms with van der Waals surface area (Å²) in [6, 6.07) is 8.90. The summed E-state index contributed by atoms with van der Waals surface area (Å²) < 4.78 is 0.